The maximum atomic E-state index is 13.3. The first-order valence-corrected chi connectivity index (χ1v) is 12.3. The number of carbonyl (C=O) groups is 3. The quantitative estimate of drug-likeness (QED) is 0.604. The van der Waals surface area contributed by atoms with Crippen molar-refractivity contribution in [2.24, 2.45) is 7.05 Å². The summed E-state index contributed by atoms with van der Waals surface area (Å²) < 4.78 is 1.95. The van der Waals surface area contributed by atoms with E-state index in [-0.39, 0.29) is 29.8 Å². The summed E-state index contributed by atoms with van der Waals surface area (Å²) in [5, 5.41) is 4.24. The van der Waals surface area contributed by atoms with Crippen molar-refractivity contribution in [1.82, 2.24) is 24.7 Å². The van der Waals surface area contributed by atoms with Gasteiger partial charge in [-0.2, -0.15) is 0 Å². The van der Waals surface area contributed by atoms with E-state index in [1.54, 1.807) is 17.0 Å². The molecule has 0 spiro atoms. The van der Waals surface area contributed by atoms with Gasteiger partial charge in [-0.15, -0.1) is 0 Å². The van der Waals surface area contributed by atoms with Gasteiger partial charge < -0.3 is 19.7 Å². The molecule has 2 atom stereocenters. The molecule has 2 aromatic heterocycles. The fourth-order valence-corrected chi connectivity index (χ4v) is 5.24. The van der Waals surface area contributed by atoms with Crippen molar-refractivity contribution in [2.45, 2.75) is 38.3 Å². The molecule has 1 aromatic carbocycles. The van der Waals surface area contributed by atoms with Gasteiger partial charge in [0, 0.05) is 80.5 Å². The van der Waals surface area contributed by atoms with Gasteiger partial charge in [0.05, 0.1) is 16.2 Å². The number of fused-ring (bicyclic) bond motifs is 1. The Bertz CT molecular complexity index is 1320. The van der Waals surface area contributed by atoms with Crippen LogP contribution in [0.5, 0.6) is 0 Å². The van der Waals surface area contributed by atoms with E-state index in [4.69, 9.17) is 16.6 Å². The first-order valence-electron chi connectivity index (χ1n) is 11.9. The van der Waals surface area contributed by atoms with Crippen molar-refractivity contribution in [3.05, 3.63) is 53.3 Å². The molecule has 2 aliphatic rings. The number of hydrogen-bond donors (Lipinski definition) is 1. The second-order valence-electron chi connectivity index (χ2n) is 9.48. The Morgan fingerprint density at radius 1 is 1.20 bits per heavy atom. The average molecular weight is 494 g/mol. The molecule has 2 saturated heterocycles. The smallest absolute Gasteiger partial charge is 0.254 e. The number of rotatable bonds is 4. The predicted octanol–water partition coefficient (Wildman–Crippen LogP) is 3.24. The van der Waals surface area contributed by atoms with Crippen molar-refractivity contribution in [2.75, 3.05) is 19.6 Å². The third kappa shape index (κ3) is 4.75. The molecular weight excluding hydrogens is 466 g/mol. The number of nitrogens with zero attached hydrogens (tertiary/aromatic N) is 4. The molecule has 3 amide bonds. The van der Waals surface area contributed by atoms with Crippen LogP contribution in [0.3, 0.4) is 0 Å². The number of aryl methyl sites for hydroxylation is 1. The molecule has 2 aliphatic heterocycles. The molecule has 4 heterocycles. The lowest BCUT2D eigenvalue weighted by Crippen LogP contribution is -2.56. The molecule has 3 aromatic rings. The number of benzene rings is 1. The third-order valence-corrected chi connectivity index (χ3v) is 7.19. The number of pyridine rings is 1. The lowest BCUT2D eigenvalue weighted by atomic mass is 10.1. The number of halogens is 1. The van der Waals surface area contributed by atoms with Crippen LogP contribution in [0.25, 0.3) is 22.2 Å². The number of aromatic nitrogens is 2. The average Bonchev–Trinajstić information content (AvgIpc) is 3.45. The van der Waals surface area contributed by atoms with Gasteiger partial charge in [-0.05, 0) is 37.6 Å². The van der Waals surface area contributed by atoms with Crippen LogP contribution in [0.4, 0.5) is 0 Å². The summed E-state index contributed by atoms with van der Waals surface area (Å²) in [6.07, 6.45) is 5.41. The van der Waals surface area contributed by atoms with Crippen LogP contribution >= 0.6 is 11.6 Å². The van der Waals surface area contributed by atoms with Crippen LogP contribution in [0.1, 0.15) is 36.5 Å². The van der Waals surface area contributed by atoms with E-state index in [1.165, 1.54) is 0 Å². The molecule has 8 nitrogen and oxygen atoms in total. The molecule has 0 radical (unpaired) electrons. The van der Waals surface area contributed by atoms with Crippen molar-refractivity contribution in [1.29, 1.82) is 0 Å². The number of carbonyl (C=O) groups excluding carboxylic acids is 3. The molecular formula is C26H28ClN5O3. The predicted molar refractivity (Wildman–Crippen MR) is 134 cm³/mol. The SMILES string of the molecule is C[C@@H]1CN(C(=O)c2ccc3c(Cl)cc(-c4ccn(C)c4)nc3c2)CCN1C(=O)C[C@H]1CCC(=O)N1. The zero-order valence-corrected chi connectivity index (χ0v) is 20.6. The number of nitrogens with one attached hydrogen (secondary N) is 1. The minimum absolute atomic E-state index is 0.00770. The fraction of sp³-hybridized carbons (Fsp3) is 0.385. The molecule has 0 bridgehead atoms. The largest absolute Gasteiger partial charge is 0.357 e. The van der Waals surface area contributed by atoms with Gasteiger partial charge in [-0.25, -0.2) is 4.98 Å². The van der Waals surface area contributed by atoms with Gasteiger partial charge >= 0.3 is 0 Å². The summed E-state index contributed by atoms with van der Waals surface area (Å²) in [6, 6.07) is 9.05. The molecule has 0 saturated carbocycles. The first kappa shape index (κ1) is 23.4. The minimum atomic E-state index is -0.102. The van der Waals surface area contributed by atoms with Crippen LogP contribution in [0.15, 0.2) is 42.7 Å². The van der Waals surface area contributed by atoms with Crippen LogP contribution in [-0.2, 0) is 16.6 Å². The Hall–Kier alpha value is -3.39. The monoisotopic (exact) mass is 493 g/mol. The molecule has 2 fully saturated rings. The van der Waals surface area contributed by atoms with E-state index in [9.17, 15) is 14.4 Å². The normalized spacial score (nSPS) is 20.4. The second kappa shape index (κ2) is 9.34. The van der Waals surface area contributed by atoms with Gasteiger partial charge in [0.1, 0.15) is 0 Å². The van der Waals surface area contributed by atoms with Crippen LogP contribution in [-0.4, -0.2) is 68.8 Å². The molecule has 5 rings (SSSR count). The second-order valence-corrected chi connectivity index (χ2v) is 9.89. The Kier molecular flexibility index (Phi) is 6.23. The highest BCUT2D eigenvalue weighted by Gasteiger charge is 2.32. The number of amides is 3. The summed E-state index contributed by atoms with van der Waals surface area (Å²) in [5.74, 6) is -0.0555. The van der Waals surface area contributed by atoms with Gasteiger partial charge in [0.2, 0.25) is 11.8 Å². The standard InChI is InChI=1S/C26H28ClN5O3/c1-16-14-31(9-10-32(16)25(34)12-19-4-6-24(33)28-19)26(35)17-3-5-20-21(27)13-22(29-23(20)11-17)18-7-8-30(2)15-18/h3,5,7-8,11,13,15-16,19H,4,6,9-10,12,14H2,1-2H3,(H,28,33)/t16-,19-/m1/s1. The van der Waals surface area contributed by atoms with Gasteiger partial charge in [-0.3, -0.25) is 14.4 Å². The summed E-state index contributed by atoms with van der Waals surface area (Å²) in [6.45, 7) is 3.35. The van der Waals surface area contributed by atoms with E-state index in [2.05, 4.69) is 5.32 Å². The van der Waals surface area contributed by atoms with Crippen molar-refractivity contribution in [3.63, 3.8) is 0 Å². The maximum Gasteiger partial charge on any atom is 0.254 e. The summed E-state index contributed by atoms with van der Waals surface area (Å²) in [4.78, 5) is 45.9. The molecule has 182 valence electrons. The highest BCUT2D eigenvalue weighted by Crippen LogP contribution is 2.29. The Morgan fingerprint density at radius 3 is 2.71 bits per heavy atom. The first-order chi connectivity index (χ1) is 16.8. The van der Waals surface area contributed by atoms with Crippen molar-refractivity contribution in [3.8, 4) is 11.3 Å². The molecule has 0 unspecified atom stereocenters. The zero-order chi connectivity index (χ0) is 24.7. The Labute approximate surface area is 208 Å². The van der Waals surface area contributed by atoms with E-state index in [0.717, 1.165) is 16.6 Å². The van der Waals surface area contributed by atoms with Crippen molar-refractivity contribution < 1.29 is 14.4 Å². The zero-order valence-electron chi connectivity index (χ0n) is 19.8. The topological polar surface area (TPSA) is 87.5 Å². The lowest BCUT2D eigenvalue weighted by molar-refractivity contribution is -0.135. The van der Waals surface area contributed by atoms with E-state index in [1.807, 2.05) is 54.0 Å². The highest BCUT2D eigenvalue weighted by atomic mass is 35.5. The lowest BCUT2D eigenvalue weighted by Gasteiger charge is -2.40. The molecule has 35 heavy (non-hydrogen) atoms. The molecule has 9 heteroatoms. The van der Waals surface area contributed by atoms with Crippen molar-refractivity contribution >= 4 is 40.2 Å². The molecule has 1 N–H and O–H groups in total. The van der Waals surface area contributed by atoms with Gasteiger partial charge in [0.15, 0.2) is 0 Å². The highest BCUT2D eigenvalue weighted by molar-refractivity contribution is 6.35. The summed E-state index contributed by atoms with van der Waals surface area (Å²) in [5.41, 5.74) is 2.93. The third-order valence-electron chi connectivity index (χ3n) is 6.88. The Morgan fingerprint density at radius 2 is 2.03 bits per heavy atom. The molecule has 0 aliphatic carbocycles. The van der Waals surface area contributed by atoms with E-state index >= 15 is 0 Å². The van der Waals surface area contributed by atoms with E-state index < -0.39 is 0 Å². The number of piperazine rings is 1. The maximum absolute atomic E-state index is 13.3. The van der Waals surface area contributed by atoms with Crippen LogP contribution in [0, 0.1) is 0 Å². The number of hydrogen-bond acceptors (Lipinski definition) is 4. The minimum Gasteiger partial charge on any atom is -0.357 e. The van der Waals surface area contributed by atoms with Gasteiger partial charge in [-0.1, -0.05) is 17.7 Å². The summed E-state index contributed by atoms with van der Waals surface area (Å²) in [7, 11) is 1.95. The van der Waals surface area contributed by atoms with Gasteiger partial charge in [0.25, 0.3) is 5.91 Å². The fourth-order valence-electron chi connectivity index (χ4n) is 4.98. The van der Waals surface area contributed by atoms with Crippen LogP contribution in [0.2, 0.25) is 5.02 Å². The Balaban J connectivity index is 1.30. The van der Waals surface area contributed by atoms with E-state index in [0.29, 0.717) is 55.0 Å². The van der Waals surface area contributed by atoms with Crippen LogP contribution < -0.4 is 5.32 Å². The summed E-state index contributed by atoms with van der Waals surface area (Å²) >= 11 is 6.53.